The molecule has 0 bridgehead atoms. The van der Waals surface area contributed by atoms with Gasteiger partial charge in [-0.3, -0.25) is 29.5 Å². The molecule has 2 aromatic carbocycles. The van der Waals surface area contributed by atoms with E-state index in [1.54, 1.807) is 55.5 Å². The third-order valence-corrected chi connectivity index (χ3v) is 6.45. The normalized spacial score (nSPS) is 13.8. The Hall–Kier alpha value is -4.78. The number of esters is 1. The molecule has 0 aliphatic rings. The maximum absolute atomic E-state index is 12.7. The number of hydrogen-bond acceptors (Lipinski definition) is 9. The van der Waals surface area contributed by atoms with Crippen LogP contribution in [0, 0.1) is 12.8 Å². The minimum absolute atomic E-state index is 0.342. The summed E-state index contributed by atoms with van der Waals surface area (Å²) in [5.74, 6) is -4.45. The number of hydrogen-bond donors (Lipinski definition) is 5. The van der Waals surface area contributed by atoms with Crippen molar-refractivity contribution >= 4 is 41.7 Å². The van der Waals surface area contributed by atoms with Crippen LogP contribution in [0.15, 0.2) is 53.5 Å². The number of urea groups is 1. The minimum atomic E-state index is -1.50. The number of para-hydroxylation sites is 1. The number of rotatable bonds is 15. The lowest BCUT2D eigenvalue weighted by Gasteiger charge is -2.22. The molecular formula is C29H37N5O8. The first kappa shape index (κ1) is 33.4. The predicted octanol–water partition coefficient (Wildman–Crippen LogP) is 2.12. The van der Waals surface area contributed by atoms with Crippen molar-refractivity contribution in [2.45, 2.75) is 51.1 Å². The first-order chi connectivity index (χ1) is 19.9. The number of carboxylic acid groups (broad SMARTS) is 1. The van der Waals surface area contributed by atoms with Crippen LogP contribution in [-0.2, 0) is 23.9 Å². The molecule has 0 saturated carbocycles. The molecule has 13 heteroatoms. The molecule has 4 amide bonds. The zero-order chi connectivity index (χ0) is 31.2. The number of aryl methyl sites for hydroxylation is 1. The van der Waals surface area contributed by atoms with E-state index >= 15 is 0 Å². The van der Waals surface area contributed by atoms with E-state index in [1.807, 2.05) is 0 Å². The Morgan fingerprint density at radius 3 is 2.38 bits per heavy atom. The van der Waals surface area contributed by atoms with E-state index in [0.29, 0.717) is 41.8 Å². The van der Waals surface area contributed by atoms with Crippen LogP contribution in [0.4, 0.5) is 10.5 Å². The number of carbonyl (C=O) groups excluding carboxylic acids is 4. The van der Waals surface area contributed by atoms with E-state index in [1.165, 1.54) is 20.2 Å². The van der Waals surface area contributed by atoms with Gasteiger partial charge in [-0.1, -0.05) is 37.3 Å². The molecule has 0 radical (unpaired) electrons. The minimum Gasteiger partial charge on any atom is -0.484 e. The number of unbranched alkanes of at least 4 members (excludes halogenated alkanes) is 1. The molecule has 0 saturated heterocycles. The molecule has 7 N–H and O–H groups in total. The molecular weight excluding hydrogens is 546 g/mol. The number of primary amides is 1. The highest BCUT2D eigenvalue weighted by molar-refractivity contribution is 5.97. The fraction of sp³-hybridized carbons (Fsp3) is 0.379. The van der Waals surface area contributed by atoms with Crippen molar-refractivity contribution < 1.29 is 38.6 Å². The van der Waals surface area contributed by atoms with Crippen LogP contribution in [-0.4, -0.2) is 66.9 Å². The first-order valence-electron chi connectivity index (χ1n) is 13.2. The lowest BCUT2D eigenvalue weighted by molar-refractivity contribution is -0.143. The largest absolute Gasteiger partial charge is 0.484 e. The molecule has 0 aliphatic carbocycles. The van der Waals surface area contributed by atoms with Gasteiger partial charge in [0.1, 0.15) is 11.8 Å². The molecule has 3 unspecified atom stereocenters. The Morgan fingerprint density at radius 2 is 1.79 bits per heavy atom. The Kier molecular flexibility index (Phi) is 13.1. The fourth-order valence-corrected chi connectivity index (χ4v) is 4.14. The molecule has 0 fully saturated rings. The monoisotopic (exact) mass is 583 g/mol. The number of aliphatic carboxylic acids is 1. The van der Waals surface area contributed by atoms with E-state index in [0.717, 1.165) is 0 Å². The smallest absolute Gasteiger partial charge is 0.322 e. The van der Waals surface area contributed by atoms with Gasteiger partial charge in [-0.05, 0) is 61.7 Å². The van der Waals surface area contributed by atoms with E-state index in [-0.39, 0.29) is 0 Å². The number of benzene rings is 2. The fourth-order valence-electron chi connectivity index (χ4n) is 4.14. The van der Waals surface area contributed by atoms with Crippen LogP contribution in [0.3, 0.4) is 0 Å². The van der Waals surface area contributed by atoms with Gasteiger partial charge < -0.3 is 31.4 Å². The SMILES string of the molecule is COC(=O)C(CCCC=NC(C(C)C(=O)NC(=O)COc1ccccc1)[C@H](N)C(=O)O)c1ccc(NC(N)=O)c(C)c1. The molecule has 0 aromatic heterocycles. The molecule has 0 heterocycles. The molecule has 42 heavy (non-hydrogen) atoms. The van der Waals surface area contributed by atoms with Crippen molar-refractivity contribution in [3.8, 4) is 5.75 Å². The highest BCUT2D eigenvalue weighted by Crippen LogP contribution is 2.27. The van der Waals surface area contributed by atoms with Gasteiger partial charge in [0.05, 0.1) is 25.0 Å². The number of methoxy groups -OCH3 is 1. The molecule has 4 atom stereocenters. The molecule has 226 valence electrons. The number of nitrogens with one attached hydrogen (secondary N) is 2. The second-order valence-corrected chi connectivity index (χ2v) is 9.56. The summed E-state index contributed by atoms with van der Waals surface area (Å²) in [5, 5.41) is 14.2. The van der Waals surface area contributed by atoms with Crippen LogP contribution in [0.1, 0.15) is 43.2 Å². The lowest BCUT2D eigenvalue weighted by atomic mass is 9.92. The van der Waals surface area contributed by atoms with Crippen molar-refractivity contribution in [2.24, 2.45) is 22.4 Å². The third-order valence-electron chi connectivity index (χ3n) is 6.45. The second kappa shape index (κ2) is 16.5. The maximum Gasteiger partial charge on any atom is 0.322 e. The van der Waals surface area contributed by atoms with Crippen molar-refractivity contribution in [3.05, 3.63) is 59.7 Å². The number of nitrogens with two attached hydrogens (primary N) is 2. The summed E-state index contributed by atoms with van der Waals surface area (Å²) < 4.78 is 10.3. The predicted molar refractivity (Wildman–Crippen MR) is 155 cm³/mol. The summed E-state index contributed by atoms with van der Waals surface area (Å²) in [7, 11) is 1.29. The zero-order valence-electron chi connectivity index (χ0n) is 23.7. The van der Waals surface area contributed by atoms with Crippen LogP contribution >= 0.6 is 0 Å². The Bertz CT molecular complexity index is 1280. The van der Waals surface area contributed by atoms with E-state index < -0.39 is 60.3 Å². The molecule has 2 aromatic rings. The number of aliphatic imine (C=N–C) groups is 1. The van der Waals surface area contributed by atoms with E-state index in [2.05, 4.69) is 15.6 Å². The van der Waals surface area contributed by atoms with Gasteiger partial charge in [0.2, 0.25) is 5.91 Å². The van der Waals surface area contributed by atoms with Gasteiger partial charge in [-0.2, -0.15) is 0 Å². The number of anilines is 1. The van der Waals surface area contributed by atoms with Crippen LogP contribution in [0.2, 0.25) is 0 Å². The number of nitrogens with zero attached hydrogens (tertiary/aromatic N) is 1. The standard InChI is InChI=1S/C29H37N5O8/c1-17-15-19(12-13-22(17)33-29(31)40)21(28(39)41-3)11-7-8-14-32-25(24(30)27(37)38)18(2)26(36)34-23(35)16-42-20-9-5-4-6-10-20/h4-6,9-10,12-15,18,21,24-25H,7-8,11,16,30H2,1-3H3,(H,37,38)(H3,31,33,40)(H,34,35,36)/t18?,21?,24-,25?/m0/s1. The summed E-state index contributed by atoms with van der Waals surface area (Å²) in [5.41, 5.74) is 12.9. The van der Waals surface area contributed by atoms with Crippen LogP contribution in [0.5, 0.6) is 5.75 Å². The number of amides is 4. The highest BCUT2D eigenvalue weighted by Gasteiger charge is 2.33. The Labute approximate surface area is 243 Å². The number of carboxylic acids is 1. The summed E-state index contributed by atoms with van der Waals surface area (Å²) in [6, 6.07) is 10.3. The van der Waals surface area contributed by atoms with Crippen molar-refractivity contribution in [2.75, 3.05) is 19.0 Å². The quantitative estimate of drug-likeness (QED) is 0.118. The Balaban J connectivity index is 2.01. The second-order valence-electron chi connectivity index (χ2n) is 9.56. The van der Waals surface area contributed by atoms with E-state index in [4.69, 9.17) is 20.9 Å². The molecule has 0 aliphatic heterocycles. The van der Waals surface area contributed by atoms with Gasteiger partial charge in [0.25, 0.3) is 5.91 Å². The lowest BCUT2D eigenvalue weighted by Crippen LogP contribution is -2.49. The molecule has 2 rings (SSSR count). The van der Waals surface area contributed by atoms with Crippen molar-refractivity contribution in [3.63, 3.8) is 0 Å². The Morgan fingerprint density at radius 1 is 1.10 bits per heavy atom. The van der Waals surface area contributed by atoms with Crippen LogP contribution in [0.25, 0.3) is 0 Å². The zero-order valence-corrected chi connectivity index (χ0v) is 23.7. The maximum atomic E-state index is 12.7. The third kappa shape index (κ3) is 10.3. The highest BCUT2D eigenvalue weighted by atomic mass is 16.5. The summed E-state index contributed by atoms with van der Waals surface area (Å²) in [4.78, 5) is 64.4. The molecule has 0 spiro atoms. The summed E-state index contributed by atoms with van der Waals surface area (Å²) >= 11 is 0. The number of carbonyl (C=O) groups is 5. The summed E-state index contributed by atoms with van der Waals surface area (Å²) in [6.07, 6.45) is 2.64. The van der Waals surface area contributed by atoms with Crippen molar-refractivity contribution in [1.29, 1.82) is 0 Å². The van der Waals surface area contributed by atoms with Gasteiger partial charge in [0.15, 0.2) is 6.61 Å². The van der Waals surface area contributed by atoms with Crippen molar-refractivity contribution in [1.82, 2.24) is 5.32 Å². The number of ether oxygens (including phenoxy) is 2. The average molecular weight is 584 g/mol. The first-order valence-corrected chi connectivity index (χ1v) is 13.2. The number of imide groups is 1. The van der Waals surface area contributed by atoms with Crippen LogP contribution < -0.4 is 26.8 Å². The topological polar surface area (TPSA) is 212 Å². The van der Waals surface area contributed by atoms with Gasteiger partial charge in [-0.25, -0.2) is 4.79 Å². The van der Waals surface area contributed by atoms with Gasteiger partial charge in [-0.15, -0.1) is 0 Å². The van der Waals surface area contributed by atoms with Gasteiger partial charge >= 0.3 is 18.0 Å². The average Bonchev–Trinajstić information content (AvgIpc) is 2.96. The molecule has 13 nitrogen and oxygen atoms in total. The summed E-state index contributed by atoms with van der Waals surface area (Å²) in [6.45, 7) is 2.79. The van der Waals surface area contributed by atoms with Gasteiger partial charge in [0, 0.05) is 5.69 Å². The van der Waals surface area contributed by atoms with E-state index in [9.17, 15) is 29.1 Å².